The Hall–Kier alpha value is -1.94. The summed E-state index contributed by atoms with van der Waals surface area (Å²) in [5, 5.41) is 0. The third-order valence-electron chi connectivity index (χ3n) is 3.49. The number of hydrogen-bond donors (Lipinski definition) is 0. The molecule has 0 N–H and O–H groups in total. The minimum Gasteiger partial charge on any atom is -0.320 e. The first-order valence-corrected chi connectivity index (χ1v) is 7.40. The minimum atomic E-state index is 0.151. The molecule has 4 heteroatoms. The van der Waals surface area contributed by atoms with Crippen LogP contribution >= 0.6 is 11.3 Å². The second kappa shape index (κ2) is 4.87. The molecule has 1 aromatic carbocycles. The fourth-order valence-electron chi connectivity index (χ4n) is 2.53. The number of nitrogens with zero attached hydrogens (tertiary/aromatic N) is 2. The minimum absolute atomic E-state index is 0.151. The first-order valence-electron chi connectivity index (χ1n) is 6.58. The molecule has 2 aromatic heterocycles. The van der Waals surface area contributed by atoms with Crippen LogP contribution in [0.1, 0.15) is 25.9 Å². The number of ketones is 1. The summed E-state index contributed by atoms with van der Waals surface area (Å²) in [6.45, 7) is 6.33. The molecular formula is C16H16N2OS. The highest BCUT2D eigenvalue weighted by molar-refractivity contribution is 7.12. The summed E-state index contributed by atoms with van der Waals surface area (Å²) in [7, 11) is 0. The Morgan fingerprint density at radius 1 is 1.25 bits per heavy atom. The fraction of sp³-hybridized carbons (Fsp3) is 0.250. The number of thiophene rings is 1. The molecular weight excluding hydrogens is 268 g/mol. The molecule has 0 amide bonds. The molecule has 0 saturated carbocycles. The summed E-state index contributed by atoms with van der Waals surface area (Å²) in [5.74, 6) is 1.03. The Bertz CT molecular complexity index is 798. The fourth-order valence-corrected chi connectivity index (χ4v) is 3.47. The predicted molar refractivity (Wildman–Crippen MR) is 82.6 cm³/mol. The second-order valence-electron chi connectivity index (χ2n) is 4.98. The molecule has 0 aliphatic carbocycles. The van der Waals surface area contributed by atoms with Crippen molar-refractivity contribution in [2.24, 2.45) is 0 Å². The van der Waals surface area contributed by atoms with Gasteiger partial charge in [0.05, 0.1) is 17.6 Å². The number of imidazole rings is 1. The summed E-state index contributed by atoms with van der Waals surface area (Å²) in [4.78, 5) is 19.3. The van der Waals surface area contributed by atoms with E-state index in [1.807, 2.05) is 55.7 Å². The van der Waals surface area contributed by atoms with E-state index in [1.165, 1.54) is 4.88 Å². The standard InChI is InChI=1S/C16H16N2OS/c1-10-8-13(11(2)20-10)16(19)9-18-12(3)17-14-6-4-5-7-15(14)18/h4-8H,9H2,1-3H3. The third kappa shape index (κ3) is 2.16. The van der Waals surface area contributed by atoms with Crippen LogP contribution in [-0.4, -0.2) is 15.3 Å². The molecule has 3 aromatic rings. The van der Waals surface area contributed by atoms with Crippen molar-refractivity contribution in [3.8, 4) is 0 Å². The van der Waals surface area contributed by atoms with E-state index < -0.39 is 0 Å². The number of fused-ring (bicyclic) bond motifs is 1. The molecule has 3 nitrogen and oxygen atoms in total. The van der Waals surface area contributed by atoms with Gasteiger partial charge in [-0.1, -0.05) is 12.1 Å². The molecule has 2 heterocycles. The monoisotopic (exact) mass is 284 g/mol. The number of benzene rings is 1. The maximum atomic E-state index is 12.5. The highest BCUT2D eigenvalue weighted by Crippen LogP contribution is 2.23. The van der Waals surface area contributed by atoms with E-state index in [4.69, 9.17) is 0 Å². The zero-order valence-electron chi connectivity index (χ0n) is 11.8. The van der Waals surface area contributed by atoms with Crippen LogP contribution in [-0.2, 0) is 6.54 Å². The van der Waals surface area contributed by atoms with Crippen molar-refractivity contribution in [2.45, 2.75) is 27.3 Å². The van der Waals surface area contributed by atoms with Crippen LogP contribution in [0.5, 0.6) is 0 Å². The van der Waals surface area contributed by atoms with Gasteiger partial charge >= 0.3 is 0 Å². The molecule has 0 aliphatic heterocycles. The lowest BCUT2D eigenvalue weighted by atomic mass is 10.1. The van der Waals surface area contributed by atoms with E-state index in [-0.39, 0.29) is 5.78 Å². The van der Waals surface area contributed by atoms with Gasteiger partial charge in [0, 0.05) is 15.3 Å². The van der Waals surface area contributed by atoms with Gasteiger partial charge in [0.1, 0.15) is 5.82 Å². The van der Waals surface area contributed by atoms with Gasteiger partial charge in [-0.15, -0.1) is 11.3 Å². The molecule has 0 radical (unpaired) electrons. The summed E-state index contributed by atoms with van der Waals surface area (Å²) in [5.41, 5.74) is 2.80. The van der Waals surface area contributed by atoms with Crippen molar-refractivity contribution in [1.82, 2.24) is 9.55 Å². The van der Waals surface area contributed by atoms with Gasteiger partial charge in [-0.3, -0.25) is 4.79 Å². The molecule has 0 bridgehead atoms. The zero-order chi connectivity index (χ0) is 14.3. The third-order valence-corrected chi connectivity index (χ3v) is 4.45. The highest BCUT2D eigenvalue weighted by atomic mass is 32.1. The summed E-state index contributed by atoms with van der Waals surface area (Å²) in [6, 6.07) is 9.91. The van der Waals surface area contributed by atoms with Crippen molar-refractivity contribution in [2.75, 3.05) is 0 Å². The first kappa shape index (κ1) is 13.1. The molecule has 0 spiro atoms. The van der Waals surface area contributed by atoms with Crippen molar-refractivity contribution in [1.29, 1.82) is 0 Å². The molecule has 0 unspecified atom stereocenters. The smallest absolute Gasteiger partial charge is 0.183 e. The lowest BCUT2D eigenvalue weighted by Gasteiger charge is -2.05. The van der Waals surface area contributed by atoms with Gasteiger partial charge in [-0.05, 0) is 39.0 Å². The number of aryl methyl sites for hydroxylation is 3. The van der Waals surface area contributed by atoms with E-state index in [2.05, 4.69) is 4.98 Å². The lowest BCUT2D eigenvalue weighted by molar-refractivity contribution is 0.0972. The van der Waals surface area contributed by atoms with Gasteiger partial charge in [0.25, 0.3) is 0 Å². The Kier molecular flexibility index (Phi) is 3.18. The number of aromatic nitrogens is 2. The molecule has 0 fully saturated rings. The average molecular weight is 284 g/mol. The zero-order valence-corrected chi connectivity index (χ0v) is 12.6. The Morgan fingerprint density at radius 2 is 2.00 bits per heavy atom. The Morgan fingerprint density at radius 3 is 2.70 bits per heavy atom. The Balaban J connectivity index is 1.99. The molecule has 0 saturated heterocycles. The maximum Gasteiger partial charge on any atom is 0.183 e. The number of rotatable bonds is 3. The number of carbonyl (C=O) groups excluding carboxylic acids is 1. The van der Waals surface area contributed by atoms with Crippen LogP contribution in [0.15, 0.2) is 30.3 Å². The maximum absolute atomic E-state index is 12.5. The van der Waals surface area contributed by atoms with E-state index in [0.717, 1.165) is 27.3 Å². The van der Waals surface area contributed by atoms with Crippen LogP contribution in [0, 0.1) is 20.8 Å². The van der Waals surface area contributed by atoms with Gasteiger partial charge in [0.2, 0.25) is 0 Å². The van der Waals surface area contributed by atoms with Crippen molar-refractivity contribution in [3.05, 3.63) is 51.5 Å². The van der Waals surface area contributed by atoms with Crippen molar-refractivity contribution < 1.29 is 4.79 Å². The molecule has 102 valence electrons. The summed E-state index contributed by atoms with van der Waals surface area (Å²) in [6.07, 6.45) is 0. The van der Waals surface area contributed by atoms with Crippen LogP contribution in [0.25, 0.3) is 11.0 Å². The van der Waals surface area contributed by atoms with E-state index in [9.17, 15) is 4.79 Å². The van der Waals surface area contributed by atoms with E-state index in [0.29, 0.717) is 6.54 Å². The molecule has 0 atom stereocenters. The first-order chi connectivity index (χ1) is 9.56. The average Bonchev–Trinajstić information content (AvgIpc) is 2.90. The van der Waals surface area contributed by atoms with E-state index >= 15 is 0 Å². The Labute approximate surface area is 121 Å². The van der Waals surface area contributed by atoms with Crippen LogP contribution in [0.3, 0.4) is 0 Å². The van der Waals surface area contributed by atoms with Gasteiger partial charge < -0.3 is 4.57 Å². The molecule has 3 rings (SSSR count). The summed E-state index contributed by atoms with van der Waals surface area (Å²) < 4.78 is 1.99. The van der Waals surface area contributed by atoms with Crippen LogP contribution < -0.4 is 0 Å². The van der Waals surface area contributed by atoms with Crippen molar-refractivity contribution in [3.63, 3.8) is 0 Å². The SMILES string of the molecule is Cc1cc(C(=O)Cn2c(C)nc3ccccc32)c(C)s1. The number of carbonyl (C=O) groups is 1. The molecule has 0 aliphatic rings. The lowest BCUT2D eigenvalue weighted by Crippen LogP contribution is -2.11. The summed E-state index contributed by atoms with van der Waals surface area (Å²) >= 11 is 1.67. The van der Waals surface area contributed by atoms with Gasteiger partial charge in [-0.25, -0.2) is 4.98 Å². The van der Waals surface area contributed by atoms with Crippen molar-refractivity contribution >= 4 is 28.2 Å². The van der Waals surface area contributed by atoms with Crippen LogP contribution in [0.2, 0.25) is 0 Å². The quantitative estimate of drug-likeness (QED) is 0.684. The van der Waals surface area contributed by atoms with Gasteiger partial charge in [0.15, 0.2) is 5.78 Å². The normalized spacial score (nSPS) is 11.2. The topological polar surface area (TPSA) is 34.9 Å². The number of para-hydroxylation sites is 2. The number of hydrogen-bond acceptors (Lipinski definition) is 3. The number of Topliss-reactive ketones (excluding diaryl/α,β-unsaturated/α-hetero) is 1. The van der Waals surface area contributed by atoms with E-state index in [1.54, 1.807) is 11.3 Å². The largest absolute Gasteiger partial charge is 0.320 e. The second-order valence-corrected chi connectivity index (χ2v) is 6.44. The molecule has 20 heavy (non-hydrogen) atoms. The highest BCUT2D eigenvalue weighted by Gasteiger charge is 2.15. The predicted octanol–water partition coefficient (Wildman–Crippen LogP) is 3.91. The van der Waals surface area contributed by atoms with Crippen LogP contribution in [0.4, 0.5) is 0 Å². The van der Waals surface area contributed by atoms with Gasteiger partial charge in [-0.2, -0.15) is 0 Å².